The third-order valence-corrected chi connectivity index (χ3v) is 5.77. The molecule has 1 heterocycles. The van der Waals surface area contributed by atoms with Crippen molar-refractivity contribution in [3.05, 3.63) is 11.1 Å². The van der Waals surface area contributed by atoms with E-state index in [1.807, 2.05) is 4.90 Å². The van der Waals surface area contributed by atoms with Gasteiger partial charge in [0.1, 0.15) is 0 Å². The van der Waals surface area contributed by atoms with Crippen LogP contribution in [0.15, 0.2) is 11.1 Å². The molecule has 1 aliphatic heterocycles. The Morgan fingerprint density at radius 2 is 1.83 bits per heavy atom. The van der Waals surface area contributed by atoms with Gasteiger partial charge in [0.15, 0.2) is 14.1 Å². The van der Waals surface area contributed by atoms with Gasteiger partial charge >= 0.3 is 0 Å². The molecule has 1 fully saturated rings. The molecule has 2 rings (SSSR count). The fourth-order valence-electron chi connectivity index (χ4n) is 3.65. The first-order chi connectivity index (χ1) is 11.3. The minimum atomic E-state index is -1.74. The number of rotatable bonds is 8. The van der Waals surface area contributed by atoms with Crippen molar-refractivity contribution in [2.24, 2.45) is 0 Å². The molecule has 0 radical (unpaired) electrons. The maximum atomic E-state index is 12.9. The van der Waals surface area contributed by atoms with E-state index in [1.165, 1.54) is 6.42 Å². The largest absolute Gasteiger partial charge is 0.411 e. The van der Waals surface area contributed by atoms with Crippen LogP contribution in [0, 0.1) is 0 Å². The number of nitrogens with zero attached hydrogens (tertiary/aromatic N) is 1. The molecule has 0 aromatic heterocycles. The number of carbonyl (C=O) groups excluding carboxylic acids is 2. The van der Waals surface area contributed by atoms with Gasteiger partial charge in [-0.1, -0.05) is 26.2 Å². The molecule has 0 aromatic rings. The second kappa shape index (κ2) is 8.43. The highest BCUT2D eigenvalue weighted by Gasteiger charge is 2.37. The third kappa shape index (κ3) is 5.03. The average Bonchev–Trinajstić information content (AvgIpc) is 3.14. The van der Waals surface area contributed by atoms with Crippen LogP contribution in [0.1, 0.15) is 58.3 Å². The van der Waals surface area contributed by atoms with Gasteiger partial charge in [-0.25, -0.2) is 0 Å². The van der Waals surface area contributed by atoms with E-state index in [0.29, 0.717) is 18.4 Å². The molecule has 1 amide bonds. The molecule has 0 aromatic carbocycles. The normalized spacial score (nSPS) is 20.2. The van der Waals surface area contributed by atoms with Gasteiger partial charge < -0.3 is 9.33 Å². The number of hydrogen-bond donors (Lipinski definition) is 0. The summed E-state index contributed by atoms with van der Waals surface area (Å²) in [4.78, 5) is 27.2. The van der Waals surface area contributed by atoms with Crippen LogP contribution >= 0.6 is 0 Å². The van der Waals surface area contributed by atoms with Crippen molar-refractivity contribution in [3.63, 3.8) is 0 Å². The van der Waals surface area contributed by atoms with Gasteiger partial charge in [0.2, 0.25) is 0 Å². The molecule has 1 aliphatic carbocycles. The second-order valence-corrected chi connectivity index (χ2v) is 12.5. The van der Waals surface area contributed by atoms with Crippen LogP contribution in [0.25, 0.3) is 0 Å². The highest BCUT2D eigenvalue weighted by Crippen LogP contribution is 2.33. The highest BCUT2D eigenvalue weighted by atomic mass is 28.4. The fourth-order valence-corrected chi connectivity index (χ4v) is 4.76. The smallest absolute Gasteiger partial charge is 0.257 e. The van der Waals surface area contributed by atoms with Gasteiger partial charge in [-0.05, 0) is 50.9 Å². The van der Waals surface area contributed by atoms with Crippen molar-refractivity contribution in [1.82, 2.24) is 4.90 Å². The molecule has 1 saturated heterocycles. The Bertz CT molecular complexity index is 501. The summed E-state index contributed by atoms with van der Waals surface area (Å²) in [7, 11) is -1.74. The molecule has 5 heteroatoms. The van der Waals surface area contributed by atoms with Crippen molar-refractivity contribution < 1.29 is 14.0 Å². The number of Topliss-reactive ketones (excluding diaryl/α,β-unsaturated/α-hetero) is 1. The molecule has 136 valence electrons. The highest BCUT2D eigenvalue weighted by molar-refractivity contribution is 6.69. The van der Waals surface area contributed by atoms with Gasteiger partial charge in [0, 0.05) is 19.5 Å². The van der Waals surface area contributed by atoms with Crippen molar-refractivity contribution in [2.45, 2.75) is 84.0 Å². The van der Waals surface area contributed by atoms with E-state index in [9.17, 15) is 9.59 Å². The topological polar surface area (TPSA) is 46.6 Å². The summed E-state index contributed by atoms with van der Waals surface area (Å²) in [5, 5.41) is 0. The Hall–Kier alpha value is -0.943. The van der Waals surface area contributed by atoms with Crippen molar-refractivity contribution in [2.75, 3.05) is 13.1 Å². The van der Waals surface area contributed by atoms with Crippen LogP contribution in [0.2, 0.25) is 19.6 Å². The van der Waals surface area contributed by atoms with Gasteiger partial charge in [-0.15, -0.1) is 0 Å². The second-order valence-electron chi connectivity index (χ2n) is 8.04. The minimum Gasteiger partial charge on any atom is -0.411 e. The number of likely N-dealkylation sites (tertiary alicyclic amines) is 1. The van der Waals surface area contributed by atoms with Crippen molar-refractivity contribution >= 4 is 20.0 Å². The molecule has 0 bridgehead atoms. The first-order valence-electron chi connectivity index (χ1n) is 9.57. The molecule has 0 N–H and O–H groups in total. The Morgan fingerprint density at radius 3 is 2.42 bits per heavy atom. The van der Waals surface area contributed by atoms with Gasteiger partial charge in [0.25, 0.3) is 5.91 Å². The van der Waals surface area contributed by atoms with E-state index in [4.69, 9.17) is 4.43 Å². The summed E-state index contributed by atoms with van der Waals surface area (Å²) < 4.78 is 6.42. The van der Waals surface area contributed by atoms with Crippen LogP contribution in [0.4, 0.5) is 0 Å². The summed E-state index contributed by atoms with van der Waals surface area (Å²) >= 11 is 0. The monoisotopic (exact) mass is 351 g/mol. The Balaban J connectivity index is 2.24. The lowest BCUT2D eigenvalue weighted by Crippen LogP contribution is -2.35. The van der Waals surface area contributed by atoms with E-state index in [1.54, 1.807) is 0 Å². The number of amides is 1. The molecule has 2 aliphatic rings. The first-order valence-corrected chi connectivity index (χ1v) is 13.0. The third-order valence-electron chi connectivity index (χ3n) is 4.78. The summed E-state index contributed by atoms with van der Waals surface area (Å²) in [5.74, 6) is -0.00812. The maximum absolute atomic E-state index is 12.9. The summed E-state index contributed by atoms with van der Waals surface area (Å²) in [6, 6.07) is 0. The fraction of sp³-hybridized carbons (Fsp3) is 0.789. The lowest BCUT2D eigenvalue weighted by atomic mass is 9.99. The Morgan fingerprint density at radius 1 is 1.17 bits per heavy atom. The molecule has 24 heavy (non-hydrogen) atoms. The van der Waals surface area contributed by atoms with Crippen LogP contribution in [0.3, 0.4) is 0 Å². The maximum Gasteiger partial charge on any atom is 0.257 e. The summed E-state index contributed by atoms with van der Waals surface area (Å²) in [6.07, 6.45) is 7.59. The predicted molar refractivity (Wildman–Crippen MR) is 99.4 cm³/mol. The van der Waals surface area contributed by atoms with Crippen LogP contribution in [-0.2, 0) is 14.0 Å². The molecule has 4 nitrogen and oxygen atoms in total. The molecular weight excluding hydrogens is 318 g/mol. The SMILES string of the molecule is CCCCCC(O[Si](C)(C)C)C1=C(C(=O)N2CCCC2)C(=O)CC1. The first kappa shape index (κ1) is 19.4. The lowest BCUT2D eigenvalue weighted by molar-refractivity contribution is -0.128. The van der Waals surface area contributed by atoms with Crippen LogP contribution < -0.4 is 0 Å². The average molecular weight is 352 g/mol. The van der Waals surface area contributed by atoms with E-state index >= 15 is 0 Å². The molecular formula is C19H33NO3Si. The van der Waals surface area contributed by atoms with E-state index in [-0.39, 0.29) is 17.8 Å². The van der Waals surface area contributed by atoms with Gasteiger partial charge in [0.05, 0.1) is 11.7 Å². The molecule has 1 unspecified atom stereocenters. The van der Waals surface area contributed by atoms with E-state index in [2.05, 4.69) is 26.6 Å². The molecule has 1 atom stereocenters. The number of hydrogen-bond acceptors (Lipinski definition) is 3. The number of unbranched alkanes of at least 4 members (excludes halogenated alkanes) is 2. The van der Waals surface area contributed by atoms with Crippen molar-refractivity contribution in [3.8, 4) is 0 Å². The van der Waals surface area contributed by atoms with Gasteiger partial charge in [-0.3, -0.25) is 9.59 Å². The van der Waals surface area contributed by atoms with Crippen LogP contribution in [-0.4, -0.2) is 44.1 Å². The standard InChI is InChI=1S/C19H33NO3Si/c1-5-6-7-10-17(23-24(2,3)4)15-11-12-16(21)18(15)19(22)20-13-8-9-14-20/h17H,5-14H2,1-4H3. The van der Waals surface area contributed by atoms with E-state index < -0.39 is 8.32 Å². The van der Waals surface area contributed by atoms with E-state index in [0.717, 1.165) is 50.8 Å². The van der Waals surface area contributed by atoms with Gasteiger partial charge in [-0.2, -0.15) is 0 Å². The number of ketones is 1. The predicted octanol–water partition coefficient (Wildman–Crippen LogP) is 4.07. The summed E-state index contributed by atoms with van der Waals surface area (Å²) in [6.45, 7) is 10.3. The lowest BCUT2D eigenvalue weighted by Gasteiger charge is -2.29. The number of carbonyl (C=O) groups is 2. The summed E-state index contributed by atoms with van der Waals surface area (Å²) in [5.41, 5.74) is 1.46. The molecule has 0 saturated carbocycles. The molecule has 0 spiro atoms. The zero-order chi connectivity index (χ0) is 17.7. The Kier molecular flexibility index (Phi) is 6.81. The zero-order valence-electron chi connectivity index (χ0n) is 15.8. The zero-order valence-corrected chi connectivity index (χ0v) is 16.8. The minimum absolute atomic E-state index is 0.0292. The Labute approximate surface area is 147 Å². The van der Waals surface area contributed by atoms with Crippen LogP contribution in [0.5, 0.6) is 0 Å². The van der Waals surface area contributed by atoms with Crippen molar-refractivity contribution in [1.29, 1.82) is 0 Å². The quantitative estimate of drug-likeness (QED) is 0.376.